The molecule has 1 saturated carbocycles. The molecule has 0 N–H and O–H groups in total. The Kier molecular flexibility index (Phi) is 3.57. The van der Waals surface area contributed by atoms with Gasteiger partial charge in [-0.2, -0.15) is 0 Å². The van der Waals surface area contributed by atoms with Crippen LogP contribution in [-0.2, 0) is 16.0 Å². The predicted molar refractivity (Wildman–Crippen MR) is 65.9 cm³/mol. The van der Waals surface area contributed by atoms with E-state index in [9.17, 15) is 4.79 Å². The van der Waals surface area contributed by atoms with Crippen molar-refractivity contribution in [1.82, 2.24) is 4.98 Å². The maximum Gasteiger partial charge on any atom is 0.141 e. The van der Waals surface area contributed by atoms with Gasteiger partial charge in [0.25, 0.3) is 0 Å². The van der Waals surface area contributed by atoms with Gasteiger partial charge in [0.15, 0.2) is 0 Å². The number of ether oxygens (including phenoxy) is 1. The molecule has 0 saturated heterocycles. The molecule has 0 radical (unpaired) electrons. The molecule has 17 heavy (non-hydrogen) atoms. The monoisotopic (exact) mass is 233 g/mol. The number of hydrogen-bond acceptors (Lipinski definition) is 3. The van der Waals surface area contributed by atoms with Crippen LogP contribution < -0.4 is 0 Å². The molecule has 0 bridgehead atoms. The minimum atomic E-state index is -0.165. The van der Waals surface area contributed by atoms with Crippen LogP contribution in [0.25, 0.3) is 0 Å². The molecule has 92 valence electrons. The third-order valence-electron chi connectivity index (χ3n) is 3.57. The molecule has 0 unspecified atom stereocenters. The molecule has 1 fully saturated rings. The molecule has 1 aromatic rings. The lowest BCUT2D eigenvalue weighted by Gasteiger charge is -2.40. The van der Waals surface area contributed by atoms with E-state index in [1.54, 1.807) is 13.3 Å². The number of hydrogen-bond donors (Lipinski definition) is 0. The van der Waals surface area contributed by atoms with Crippen LogP contribution >= 0.6 is 0 Å². The minimum Gasteiger partial charge on any atom is -0.378 e. The zero-order valence-corrected chi connectivity index (χ0v) is 10.5. The minimum absolute atomic E-state index is 0.165. The Labute approximate surface area is 102 Å². The van der Waals surface area contributed by atoms with Crippen molar-refractivity contribution in [2.75, 3.05) is 7.11 Å². The topological polar surface area (TPSA) is 39.2 Å². The molecule has 0 aliphatic heterocycles. The van der Waals surface area contributed by atoms with Crippen molar-refractivity contribution in [2.45, 2.75) is 44.6 Å². The van der Waals surface area contributed by atoms with E-state index in [1.807, 2.05) is 19.1 Å². The van der Waals surface area contributed by atoms with Crippen LogP contribution in [0.5, 0.6) is 0 Å². The molecule has 0 aromatic carbocycles. The molecular formula is C14H19NO2. The van der Waals surface area contributed by atoms with E-state index in [-0.39, 0.29) is 11.4 Å². The van der Waals surface area contributed by atoms with Gasteiger partial charge in [0.2, 0.25) is 0 Å². The maximum atomic E-state index is 11.9. The lowest BCUT2D eigenvalue weighted by Crippen LogP contribution is -2.41. The summed E-state index contributed by atoms with van der Waals surface area (Å²) in [6.45, 7) is 1.99. The van der Waals surface area contributed by atoms with E-state index in [0.29, 0.717) is 12.8 Å². The van der Waals surface area contributed by atoms with E-state index < -0.39 is 0 Å². The number of methoxy groups -OCH3 is 1. The average Bonchev–Trinajstić information content (AvgIpc) is 2.27. The van der Waals surface area contributed by atoms with Crippen molar-refractivity contribution in [3.8, 4) is 0 Å². The van der Waals surface area contributed by atoms with Crippen LogP contribution in [0.4, 0.5) is 0 Å². The summed E-state index contributed by atoms with van der Waals surface area (Å²) in [5.41, 5.74) is 1.81. The molecule has 1 heterocycles. The summed E-state index contributed by atoms with van der Waals surface area (Å²) >= 11 is 0. The Hall–Kier alpha value is -1.22. The number of aryl methyl sites for hydroxylation is 1. The molecule has 1 aliphatic carbocycles. The highest BCUT2D eigenvalue weighted by Crippen LogP contribution is 2.38. The van der Waals surface area contributed by atoms with Gasteiger partial charge in [-0.1, -0.05) is 6.07 Å². The van der Waals surface area contributed by atoms with Crippen LogP contribution in [0.1, 0.15) is 36.9 Å². The first kappa shape index (κ1) is 12.2. The van der Waals surface area contributed by atoms with Gasteiger partial charge >= 0.3 is 0 Å². The Morgan fingerprint density at radius 3 is 2.71 bits per heavy atom. The van der Waals surface area contributed by atoms with Crippen molar-refractivity contribution in [3.05, 3.63) is 29.6 Å². The fourth-order valence-electron chi connectivity index (χ4n) is 2.25. The third-order valence-corrected chi connectivity index (χ3v) is 3.57. The van der Waals surface area contributed by atoms with Crippen LogP contribution in [0.2, 0.25) is 0 Å². The van der Waals surface area contributed by atoms with Gasteiger partial charge in [-0.25, -0.2) is 0 Å². The second kappa shape index (κ2) is 4.96. The second-order valence-electron chi connectivity index (χ2n) is 4.96. The molecule has 0 atom stereocenters. The van der Waals surface area contributed by atoms with E-state index in [4.69, 9.17) is 4.74 Å². The first-order chi connectivity index (χ1) is 8.13. The number of ketones is 1. The smallest absolute Gasteiger partial charge is 0.141 e. The third kappa shape index (κ3) is 2.91. The Morgan fingerprint density at radius 2 is 2.24 bits per heavy atom. The first-order valence-electron chi connectivity index (χ1n) is 6.12. The van der Waals surface area contributed by atoms with Crippen molar-refractivity contribution >= 4 is 5.78 Å². The highest BCUT2D eigenvalue weighted by atomic mass is 16.5. The van der Waals surface area contributed by atoms with E-state index >= 15 is 0 Å². The van der Waals surface area contributed by atoms with Crippen molar-refractivity contribution in [1.29, 1.82) is 0 Å². The van der Waals surface area contributed by atoms with Crippen LogP contribution in [-0.4, -0.2) is 23.5 Å². The van der Waals surface area contributed by atoms with E-state index in [1.165, 1.54) is 6.42 Å². The normalized spacial score (nSPS) is 17.5. The Bertz CT molecular complexity index is 388. The van der Waals surface area contributed by atoms with Gasteiger partial charge in [-0.15, -0.1) is 0 Å². The summed E-state index contributed by atoms with van der Waals surface area (Å²) in [7, 11) is 1.70. The van der Waals surface area contributed by atoms with Crippen LogP contribution in [0.15, 0.2) is 18.3 Å². The number of Topliss-reactive ketones (excluding diaryl/α,β-unsaturated/α-hetero) is 1. The molecule has 0 spiro atoms. The van der Waals surface area contributed by atoms with Crippen molar-refractivity contribution in [2.24, 2.45) is 0 Å². The van der Waals surface area contributed by atoms with E-state index in [0.717, 1.165) is 24.1 Å². The summed E-state index contributed by atoms with van der Waals surface area (Å²) in [6, 6.07) is 3.92. The quantitative estimate of drug-likeness (QED) is 0.784. The van der Waals surface area contributed by atoms with Gasteiger partial charge in [0, 0.05) is 31.8 Å². The predicted octanol–water partition coefficient (Wildman–Crippen LogP) is 2.46. The summed E-state index contributed by atoms with van der Waals surface area (Å²) in [4.78, 5) is 16.2. The number of nitrogens with zero attached hydrogens (tertiary/aromatic N) is 1. The Balaban J connectivity index is 1.91. The fraction of sp³-hybridized carbons (Fsp3) is 0.571. The molecule has 2 rings (SSSR count). The number of aromatic nitrogens is 1. The lowest BCUT2D eigenvalue weighted by molar-refractivity contribution is -0.131. The molecule has 3 heteroatoms. The van der Waals surface area contributed by atoms with Gasteiger partial charge in [-0.3, -0.25) is 9.78 Å². The maximum absolute atomic E-state index is 11.9. The largest absolute Gasteiger partial charge is 0.378 e. The van der Waals surface area contributed by atoms with Crippen LogP contribution in [0, 0.1) is 6.92 Å². The molecule has 3 nitrogen and oxygen atoms in total. The summed E-state index contributed by atoms with van der Waals surface area (Å²) < 4.78 is 5.46. The average molecular weight is 233 g/mol. The fourth-order valence-corrected chi connectivity index (χ4v) is 2.25. The van der Waals surface area contributed by atoms with Crippen LogP contribution in [0.3, 0.4) is 0 Å². The number of carbonyl (C=O) groups is 1. The molecule has 0 amide bonds. The zero-order valence-electron chi connectivity index (χ0n) is 10.5. The second-order valence-corrected chi connectivity index (χ2v) is 4.96. The molecule has 1 aromatic heterocycles. The highest BCUT2D eigenvalue weighted by Gasteiger charge is 2.38. The van der Waals surface area contributed by atoms with Gasteiger partial charge in [-0.05, 0) is 37.8 Å². The number of pyridine rings is 1. The van der Waals surface area contributed by atoms with Gasteiger partial charge in [0.1, 0.15) is 5.78 Å². The van der Waals surface area contributed by atoms with E-state index in [2.05, 4.69) is 4.98 Å². The number of rotatable bonds is 5. The summed E-state index contributed by atoms with van der Waals surface area (Å²) in [5, 5.41) is 0. The Morgan fingerprint density at radius 1 is 1.47 bits per heavy atom. The molecular weight excluding hydrogens is 214 g/mol. The molecule has 1 aliphatic rings. The highest BCUT2D eigenvalue weighted by molar-refractivity contribution is 5.81. The lowest BCUT2D eigenvalue weighted by atomic mass is 9.76. The SMILES string of the molecule is COC1(CC(=O)Cc2ccc(C)cn2)CCC1. The first-order valence-corrected chi connectivity index (χ1v) is 6.12. The van der Waals surface area contributed by atoms with Gasteiger partial charge in [0.05, 0.1) is 5.60 Å². The van der Waals surface area contributed by atoms with Crippen molar-refractivity contribution < 1.29 is 9.53 Å². The standard InChI is InChI=1S/C14H19NO2/c1-11-4-5-12(15-10-11)8-13(16)9-14(17-2)6-3-7-14/h4-5,10H,3,6-9H2,1-2H3. The number of carbonyl (C=O) groups excluding carboxylic acids is 1. The summed E-state index contributed by atoms with van der Waals surface area (Å²) in [5.74, 6) is 0.225. The van der Waals surface area contributed by atoms with Crippen molar-refractivity contribution in [3.63, 3.8) is 0 Å². The summed E-state index contributed by atoms with van der Waals surface area (Å²) in [6.07, 6.45) is 5.94. The zero-order chi connectivity index (χ0) is 12.3. The van der Waals surface area contributed by atoms with Gasteiger partial charge < -0.3 is 4.74 Å².